The topological polar surface area (TPSA) is 148 Å². The van der Waals surface area contributed by atoms with E-state index in [0.29, 0.717) is 50.2 Å². The Bertz CT molecular complexity index is 2520. The van der Waals surface area contributed by atoms with Gasteiger partial charge in [0.25, 0.3) is 31.9 Å². The van der Waals surface area contributed by atoms with E-state index >= 15 is 0 Å². The van der Waals surface area contributed by atoms with Crippen LogP contribution in [0.3, 0.4) is 0 Å². The molecule has 0 spiro atoms. The number of nitrogens with zero attached hydrogens (tertiary/aromatic N) is 1. The summed E-state index contributed by atoms with van der Waals surface area (Å²) in [6.45, 7) is 0. The second kappa shape index (κ2) is 12.9. The molecular formula is C38H29N3O8S2. The Hall–Kier alpha value is -6.18. The molecule has 0 radical (unpaired) electrons. The van der Waals surface area contributed by atoms with Crippen LogP contribution in [0.15, 0.2) is 137 Å². The van der Waals surface area contributed by atoms with Crippen LogP contribution in [0.25, 0.3) is 21.9 Å². The van der Waals surface area contributed by atoms with Gasteiger partial charge in [0.05, 0.1) is 52.2 Å². The van der Waals surface area contributed by atoms with Gasteiger partial charge in [-0.1, -0.05) is 48.5 Å². The van der Waals surface area contributed by atoms with E-state index in [1.54, 1.807) is 78.9 Å². The zero-order chi connectivity index (χ0) is 35.9. The van der Waals surface area contributed by atoms with Crippen molar-refractivity contribution in [3.05, 3.63) is 139 Å². The van der Waals surface area contributed by atoms with Gasteiger partial charge in [-0.05, 0) is 84.4 Å². The largest absolute Gasteiger partial charge is 0.497 e. The Morgan fingerprint density at radius 3 is 1.51 bits per heavy atom. The minimum absolute atomic E-state index is 0.0106. The molecule has 51 heavy (non-hydrogen) atoms. The number of fused-ring (bicyclic) bond motifs is 2. The van der Waals surface area contributed by atoms with Crippen LogP contribution in [0.4, 0.5) is 17.1 Å². The fourth-order valence-corrected chi connectivity index (χ4v) is 8.09. The summed E-state index contributed by atoms with van der Waals surface area (Å²) < 4.78 is 70.7. The van der Waals surface area contributed by atoms with Gasteiger partial charge in [-0.3, -0.25) is 19.0 Å². The minimum atomic E-state index is -4.18. The third-order valence-electron chi connectivity index (χ3n) is 8.50. The number of sulfonamides is 2. The Balaban J connectivity index is 1.36. The van der Waals surface area contributed by atoms with E-state index in [9.17, 15) is 26.4 Å². The average molecular weight is 720 g/mol. The predicted molar refractivity (Wildman–Crippen MR) is 195 cm³/mol. The predicted octanol–water partition coefficient (Wildman–Crippen LogP) is 6.93. The monoisotopic (exact) mass is 719 g/mol. The van der Waals surface area contributed by atoms with Crippen LogP contribution in [-0.4, -0.2) is 42.9 Å². The lowest BCUT2D eigenvalue weighted by Gasteiger charge is -2.20. The van der Waals surface area contributed by atoms with Crippen LogP contribution in [0, 0.1) is 0 Å². The average Bonchev–Trinajstić information content (AvgIpc) is 3.41. The molecule has 0 aliphatic carbocycles. The van der Waals surface area contributed by atoms with Crippen molar-refractivity contribution < 1.29 is 35.9 Å². The van der Waals surface area contributed by atoms with Crippen molar-refractivity contribution in [2.75, 3.05) is 28.6 Å². The van der Waals surface area contributed by atoms with Gasteiger partial charge in [0.1, 0.15) is 11.5 Å². The molecule has 6 aromatic rings. The van der Waals surface area contributed by atoms with Gasteiger partial charge < -0.3 is 9.47 Å². The van der Waals surface area contributed by atoms with Gasteiger partial charge in [0.2, 0.25) is 0 Å². The number of imide groups is 1. The lowest BCUT2D eigenvalue weighted by molar-refractivity contribution is 0.0926. The molecule has 11 nitrogen and oxygen atoms in total. The number of carbonyl (C=O) groups excluding carboxylic acids is 2. The molecule has 1 aliphatic heterocycles. The summed E-state index contributed by atoms with van der Waals surface area (Å²) in [5.41, 5.74) is 2.07. The minimum Gasteiger partial charge on any atom is -0.497 e. The summed E-state index contributed by atoms with van der Waals surface area (Å²) in [7, 11) is -5.34. The number of anilines is 3. The van der Waals surface area contributed by atoms with E-state index in [-0.39, 0.29) is 21.2 Å². The normalized spacial score (nSPS) is 12.9. The summed E-state index contributed by atoms with van der Waals surface area (Å²) in [6, 6.07) is 33.1. The first-order valence-corrected chi connectivity index (χ1v) is 18.4. The molecule has 0 bridgehead atoms. The summed E-state index contributed by atoms with van der Waals surface area (Å²) in [5, 5.41) is 0.831. The quantitative estimate of drug-likeness (QED) is 0.145. The second-order valence-corrected chi connectivity index (χ2v) is 14.9. The van der Waals surface area contributed by atoms with Gasteiger partial charge >= 0.3 is 0 Å². The van der Waals surface area contributed by atoms with Crippen molar-refractivity contribution in [2.45, 2.75) is 9.79 Å². The molecular weight excluding hydrogens is 691 g/mol. The number of ether oxygens (including phenoxy) is 2. The first-order valence-electron chi connectivity index (χ1n) is 15.5. The third kappa shape index (κ3) is 6.13. The number of hydrogen-bond acceptors (Lipinski definition) is 8. The van der Waals surface area contributed by atoms with Gasteiger partial charge in [-0.25, -0.2) is 21.7 Å². The number of methoxy groups -OCH3 is 2. The van der Waals surface area contributed by atoms with Gasteiger partial charge in [0, 0.05) is 16.3 Å². The van der Waals surface area contributed by atoms with Crippen LogP contribution in [0.5, 0.6) is 11.5 Å². The second-order valence-electron chi connectivity index (χ2n) is 11.5. The van der Waals surface area contributed by atoms with Gasteiger partial charge in [0.15, 0.2) is 0 Å². The van der Waals surface area contributed by atoms with Crippen molar-refractivity contribution in [2.24, 2.45) is 0 Å². The fourth-order valence-electron chi connectivity index (χ4n) is 5.92. The number of hydrogen-bond donors (Lipinski definition) is 2. The standard InChI is InChI=1S/C38H29N3O8S2/c1-48-26-15-19-28(20-16-26)50(44,45)39-35-23-34(24-11-13-25(14-12-24)41-37(42)32-9-5-6-10-33(32)38(41)43)36(31-8-4-3-7-30(31)35)40-51(46,47)29-21-17-27(49-2)18-22-29/h3-23,39-40H,1-2H3. The van der Waals surface area contributed by atoms with Gasteiger partial charge in [-0.15, -0.1) is 0 Å². The highest BCUT2D eigenvalue weighted by Gasteiger charge is 2.36. The Kier molecular flexibility index (Phi) is 8.45. The summed E-state index contributed by atoms with van der Waals surface area (Å²) >= 11 is 0. The summed E-state index contributed by atoms with van der Waals surface area (Å²) in [5.74, 6) is 0.0426. The van der Waals surface area contributed by atoms with Crippen LogP contribution in [0.2, 0.25) is 0 Å². The lowest BCUT2D eigenvalue weighted by atomic mass is 9.97. The van der Waals surface area contributed by atoms with Crippen molar-refractivity contribution in [3.8, 4) is 22.6 Å². The number of carbonyl (C=O) groups is 2. The molecule has 2 amide bonds. The highest BCUT2D eigenvalue weighted by Crippen LogP contribution is 2.42. The number of rotatable bonds is 10. The molecule has 0 fully saturated rings. The van der Waals surface area contributed by atoms with E-state index in [0.717, 1.165) is 4.90 Å². The first-order chi connectivity index (χ1) is 24.5. The van der Waals surface area contributed by atoms with Gasteiger partial charge in [-0.2, -0.15) is 0 Å². The Morgan fingerprint density at radius 2 is 1.00 bits per heavy atom. The zero-order valence-corrected chi connectivity index (χ0v) is 28.8. The SMILES string of the molecule is COc1ccc(S(=O)(=O)Nc2cc(-c3ccc(N4C(=O)c5ccccc5C4=O)cc3)c(NS(=O)(=O)c3ccc(OC)cc3)c3ccccc23)cc1. The summed E-state index contributed by atoms with van der Waals surface area (Å²) in [4.78, 5) is 27.4. The van der Waals surface area contributed by atoms with E-state index in [2.05, 4.69) is 9.44 Å². The molecule has 0 aromatic heterocycles. The van der Waals surface area contributed by atoms with Crippen LogP contribution in [-0.2, 0) is 20.0 Å². The number of amides is 2. The highest BCUT2D eigenvalue weighted by molar-refractivity contribution is 7.93. The van der Waals surface area contributed by atoms with Crippen LogP contribution in [0.1, 0.15) is 20.7 Å². The highest BCUT2D eigenvalue weighted by atomic mass is 32.2. The molecule has 13 heteroatoms. The summed E-state index contributed by atoms with van der Waals surface area (Å²) in [6.07, 6.45) is 0. The third-order valence-corrected chi connectivity index (χ3v) is 11.2. The molecule has 256 valence electrons. The zero-order valence-electron chi connectivity index (χ0n) is 27.2. The van der Waals surface area contributed by atoms with Crippen LogP contribution >= 0.6 is 0 Å². The molecule has 1 heterocycles. The number of nitrogens with one attached hydrogen (secondary N) is 2. The molecule has 1 aliphatic rings. The van der Waals surface area contributed by atoms with Crippen molar-refractivity contribution >= 4 is 59.7 Å². The Labute approximate surface area is 294 Å². The Morgan fingerprint density at radius 1 is 0.529 bits per heavy atom. The smallest absolute Gasteiger partial charge is 0.266 e. The maximum Gasteiger partial charge on any atom is 0.266 e. The molecule has 6 aromatic carbocycles. The van der Waals surface area contributed by atoms with E-state index < -0.39 is 31.9 Å². The van der Waals surface area contributed by atoms with Crippen molar-refractivity contribution in [3.63, 3.8) is 0 Å². The molecule has 2 N–H and O–H groups in total. The molecule has 0 unspecified atom stereocenters. The van der Waals surface area contributed by atoms with Crippen molar-refractivity contribution in [1.29, 1.82) is 0 Å². The fraction of sp³-hybridized carbons (Fsp3) is 0.0526. The lowest BCUT2D eigenvalue weighted by Crippen LogP contribution is -2.29. The van der Waals surface area contributed by atoms with Crippen molar-refractivity contribution in [1.82, 2.24) is 0 Å². The van der Waals surface area contributed by atoms with E-state index in [1.165, 1.54) is 62.8 Å². The number of benzene rings is 6. The first kappa shape index (κ1) is 33.3. The maximum absolute atomic E-state index is 13.8. The van der Waals surface area contributed by atoms with Crippen LogP contribution < -0.4 is 23.8 Å². The van der Waals surface area contributed by atoms with E-state index in [1.807, 2.05) is 0 Å². The molecule has 7 rings (SSSR count). The molecule has 0 saturated carbocycles. The molecule has 0 saturated heterocycles. The maximum atomic E-state index is 13.8. The molecule has 0 atom stereocenters. The van der Waals surface area contributed by atoms with E-state index in [4.69, 9.17) is 9.47 Å².